The van der Waals surface area contributed by atoms with Crippen molar-refractivity contribution in [3.63, 3.8) is 0 Å². The Morgan fingerprint density at radius 1 is 0.971 bits per heavy atom. The molecule has 0 spiro atoms. The molecule has 5 rings (SSSR count). The zero-order chi connectivity index (χ0) is 24.2. The number of hydrogen-bond donors (Lipinski definition) is 1. The number of likely N-dealkylation sites (N-methyl/N-ethyl adjacent to an activating group) is 1. The molecule has 1 atom stereocenters. The smallest absolute Gasteiger partial charge is 0.261 e. The molecule has 0 saturated carbocycles. The van der Waals surface area contributed by atoms with Crippen molar-refractivity contribution in [2.45, 2.75) is 44.7 Å². The van der Waals surface area contributed by atoms with Crippen LogP contribution in [0.25, 0.3) is 10.9 Å². The third kappa shape index (κ3) is 5.46. The van der Waals surface area contributed by atoms with E-state index in [2.05, 4.69) is 34.3 Å². The lowest BCUT2D eigenvalue weighted by atomic mass is 10.0. The molecule has 184 valence electrons. The minimum atomic E-state index is -0.136. The van der Waals surface area contributed by atoms with E-state index in [9.17, 15) is 9.59 Å². The Hall–Kier alpha value is -3.03. The first kappa shape index (κ1) is 23.7. The zero-order valence-electron chi connectivity index (χ0n) is 20.6. The van der Waals surface area contributed by atoms with Crippen molar-refractivity contribution in [1.29, 1.82) is 0 Å². The standard InChI is InChI=1S/C28H35N5O2/c1-31-15-17-32(18-16-31)20-25(21-9-5-4-6-10-21)30-27(34)22-12-13-23-24(19-22)29-26-11-7-2-3-8-14-33(26)28(23)35/h4-6,9-10,12-13,19,25H,2-3,7-8,11,14-18,20H2,1H3,(H,30,34). The minimum Gasteiger partial charge on any atom is -0.344 e. The summed E-state index contributed by atoms with van der Waals surface area (Å²) in [5, 5.41) is 3.85. The molecule has 35 heavy (non-hydrogen) atoms. The summed E-state index contributed by atoms with van der Waals surface area (Å²) in [4.78, 5) is 36.1. The van der Waals surface area contributed by atoms with E-state index in [0.717, 1.165) is 76.3 Å². The van der Waals surface area contributed by atoms with Crippen molar-refractivity contribution < 1.29 is 4.79 Å². The molecule has 3 aromatic rings. The summed E-state index contributed by atoms with van der Waals surface area (Å²) in [5.74, 6) is 0.709. The monoisotopic (exact) mass is 473 g/mol. The van der Waals surface area contributed by atoms with Gasteiger partial charge in [-0.25, -0.2) is 4.98 Å². The SMILES string of the molecule is CN1CCN(CC(NC(=O)c2ccc3c(=O)n4c(nc3c2)CCCCCC4)c2ccccc2)CC1. The van der Waals surface area contributed by atoms with Crippen molar-refractivity contribution in [3.8, 4) is 0 Å². The molecule has 1 saturated heterocycles. The maximum Gasteiger partial charge on any atom is 0.261 e. The summed E-state index contributed by atoms with van der Waals surface area (Å²) in [6, 6.07) is 15.4. The van der Waals surface area contributed by atoms with E-state index >= 15 is 0 Å². The Labute approximate surface area is 206 Å². The van der Waals surface area contributed by atoms with E-state index in [4.69, 9.17) is 4.98 Å². The van der Waals surface area contributed by atoms with Crippen LogP contribution in [0.1, 0.15) is 53.5 Å². The van der Waals surface area contributed by atoms with Crippen LogP contribution in [0.4, 0.5) is 0 Å². The largest absolute Gasteiger partial charge is 0.344 e. The molecule has 3 heterocycles. The Morgan fingerprint density at radius 3 is 2.54 bits per heavy atom. The first-order valence-electron chi connectivity index (χ1n) is 12.9. The number of carbonyl (C=O) groups excluding carboxylic acids is 1. The van der Waals surface area contributed by atoms with Gasteiger partial charge in [-0.3, -0.25) is 19.1 Å². The lowest BCUT2D eigenvalue weighted by molar-refractivity contribution is 0.0907. The van der Waals surface area contributed by atoms with Crippen LogP contribution in [0.2, 0.25) is 0 Å². The summed E-state index contributed by atoms with van der Waals surface area (Å²) >= 11 is 0. The number of piperazine rings is 1. The van der Waals surface area contributed by atoms with Gasteiger partial charge in [-0.05, 0) is 43.7 Å². The number of aromatic nitrogens is 2. The van der Waals surface area contributed by atoms with Crippen LogP contribution in [0.15, 0.2) is 53.3 Å². The Balaban J connectivity index is 1.40. The molecule has 0 bridgehead atoms. The highest BCUT2D eigenvalue weighted by Gasteiger charge is 2.22. The number of nitrogens with zero attached hydrogens (tertiary/aromatic N) is 4. The second-order valence-corrected chi connectivity index (χ2v) is 9.92. The molecule has 0 radical (unpaired) electrons. The van der Waals surface area contributed by atoms with Gasteiger partial charge in [0.25, 0.3) is 11.5 Å². The third-order valence-corrected chi connectivity index (χ3v) is 7.37. The van der Waals surface area contributed by atoms with Crippen LogP contribution in [0.5, 0.6) is 0 Å². The van der Waals surface area contributed by atoms with Crippen LogP contribution in [0.3, 0.4) is 0 Å². The molecule has 1 unspecified atom stereocenters. The minimum absolute atomic E-state index is 0.0103. The normalized spacial score (nSPS) is 18.4. The molecule has 2 aromatic carbocycles. The predicted molar refractivity (Wildman–Crippen MR) is 139 cm³/mol. The summed E-state index contributed by atoms with van der Waals surface area (Å²) in [6.45, 7) is 5.54. The number of hydrogen-bond acceptors (Lipinski definition) is 5. The first-order chi connectivity index (χ1) is 17.1. The maximum atomic E-state index is 13.4. The van der Waals surface area contributed by atoms with Gasteiger partial charge in [-0.15, -0.1) is 0 Å². The molecule has 1 fully saturated rings. The molecule has 1 N–H and O–H groups in total. The fraction of sp³-hybridized carbons (Fsp3) is 0.464. The first-order valence-corrected chi connectivity index (χ1v) is 12.9. The fourth-order valence-electron chi connectivity index (χ4n) is 5.19. The Bertz CT molecular complexity index is 1230. The average Bonchev–Trinajstić information content (AvgIpc) is 2.86. The quantitative estimate of drug-likeness (QED) is 0.616. The van der Waals surface area contributed by atoms with Gasteiger partial charge in [-0.2, -0.15) is 0 Å². The Morgan fingerprint density at radius 2 is 1.74 bits per heavy atom. The number of carbonyl (C=O) groups is 1. The van der Waals surface area contributed by atoms with Crippen molar-refractivity contribution in [1.82, 2.24) is 24.7 Å². The molecule has 7 nitrogen and oxygen atoms in total. The lowest BCUT2D eigenvalue weighted by Gasteiger charge is -2.35. The number of nitrogens with one attached hydrogen (secondary N) is 1. The van der Waals surface area contributed by atoms with Gasteiger partial charge in [0.05, 0.1) is 16.9 Å². The number of aryl methyl sites for hydroxylation is 1. The second-order valence-electron chi connectivity index (χ2n) is 9.92. The molecular formula is C28H35N5O2. The number of rotatable bonds is 5. The molecule has 2 aliphatic heterocycles. The van der Waals surface area contributed by atoms with Crippen molar-refractivity contribution in [2.24, 2.45) is 0 Å². The van der Waals surface area contributed by atoms with Crippen molar-refractivity contribution >= 4 is 16.8 Å². The topological polar surface area (TPSA) is 70.5 Å². The van der Waals surface area contributed by atoms with Gasteiger partial charge < -0.3 is 10.2 Å². The van der Waals surface area contributed by atoms with Gasteiger partial charge in [-0.1, -0.05) is 43.2 Å². The van der Waals surface area contributed by atoms with Crippen LogP contribution in [0, 0.1) is 0 Å². The van der Waals surface area contributed by atoms with E-state index in [-0.39, 0.29) is 17.5 Å². The van der Waals surface area contributed by atoms with Gasteiger partial charge in [0.15, 0.2) is 0 Å². The van der Waals surface area contributed by atoms with E-state index in [1.54, 1.807) is 18.2 Å². The maximum absolute atomic E-state index is 13.4. The van der Waals surface area contributed by atoms with Crippen molar-refractivity contribution in [2.75, 3.05) is 39.8 Å². The summed E-state index contributed by atoms with van der Waals surface area (Å²) < 4.78 is 1.84. The van der Waals surface area contributed by atoms with Crippen molar-refractivity contribution in [3.05, 3.63) is 75.8 Å². The molecule has 1 amide bonds. The van der Waals surface area contributed by atoms with E-state index in [1.807, 2.05) is 22.8 Å². The van der Waals surface area contributed by atoms with Crippen LogP contribution in [-0.4, -0.2) is 65.0 Å². The van der Waals surface area contributed by atoms with Crippen LogP contribution in [-0.2, 0) is 13.0 Å². The van der Waals surface area contributed by atoms with E-state index < -0.39 is 0 Å². The molecule has 0 aliphatic carbocycles. The molecular weight excluding hydrogens is 438 g/mol. The highest BCUT2D eigenvalue weighted by molar-refractivity contribution is 5.97. The molecule has 2 aliphatic rings. The summed E-state index contributed by atoms with van der Waals surface area (Å²) in [6.07, 6.45) is 5.19. The third-order valence-electron chi connectivity index (χ3n) is 7.37. The molecule has 7 heteroatoms. The van der Waals surface area contributed by atoms with Gasteiger partial charge >= 0.3 is 0 Å². The van der Waals surface area contributed by atoms with E-state index in [1.165, 1.54) is 6.42 Å². The zero-order valence-corrected chi connectivity index (χ0v) is 20.6. The van der Waals surface area contributed by atoms with Gasteiger partial charge in [0.1, 0.15) is 5.82 Å². The summed E-state index contributed by atoms with van der Waals surface area (Å²) in [7, 11) is 2.15. The highest BCUT2D eigenvalue weighted by atomic mass is 16.1. The Kier molecular flexibility index (Phi) is 7.25. The average molecular weight is 474 g/mol. The lowest BCUT2D eigenvalue weighted by Crippen LogP contribution is -2.47. The van der Waals surface area contributed by atoms with Crippen LogP contribution >= 0.6 is 0 Å². The van der Waals surface area contributed by atoms with Gasteiger partial charge in [0.2, 0.25) is 0 Å². The van der Waals surface area contributed by atoms with Gasteiger partial charge in [0, 0.05) is 51.3 Å². The second kappa shape index (κ2) is 10.7. The highest BCUT2D eigenvalue weighted by Crippen LogP contribution is 2.19. The molecule has 1 aromatic heterocycles. The summed E-state index contributed by atoms with van der Waals surface area (Å²) in [5.41, 5.74) is 2.26. The number of benzene rings is 2. The number of amides is 1. The van der Waals surface area contributed by atoms with E-state index in [0.29, 0.717) is 16.5 Å². The van der Waals surface area contributed by atoms with Crippen LogP contribution < -0.4 is 10.9 Å². The number of fused-ring (bicyclic) bond motifs is 2. The predicted octanol–water partition coefficient (Wildman–Crippen LogP) is 3.23. The fourth-order valence-corrected chi connectivity index (χ4v) is 5.19.